The van der Waals surface area contributed by atoms with Gasteiger partial charge in [0, 0.05) is 0 Å². The summed E-state index contributed by atoms with van der Waals surface area (Å²) in [5, 5.41) is 0. The molecule has 0 bridgehead atoms. The molecule has 0 aliphatic heterocycles. The van der Waals surface area contributed by atoms with E-state index in [1.54, 1.807) is 0 Å². The highest BCUT2D eigenvalue weighted by Gasteiger charge is 2.55. The number of hydrogen-bond donors (Lipinski definition) is 2. The fraction of sp³-hybridized carbons (Fsp3) is 0.533. The zero-order chi connectivity index (χ0) is 18.1. The summed E-state index contributed by atoms with van der Waals surface area (Å²) in [6, 6.07) is 9.84. The van der Waals surface area contributed by atoms with Crippen LogP contribution >= 0.6 is 7.82 Å². The lowest BCUT2D eigenvalue weighted by Gasteiger charge is -2.52. The molecule has 0 amide bonds. The van der Waals surface area contributed by atoms with Crippen molar-refractivity contribution in [2.45, 2.75) is 50.4 Å². The molecule has 0 atom stereocenters. The summed E-state index contributed by atoms with van der Waals surface area (Å²) in [7, 11) is -8.71. The molecular weight excluding hydrogens is 347 g/mol. The van der Waals surface area contributed by atoms with Crippen LogP contribution < -0.4 is 0 Å². The van der Waals surface area contributed by atoms with Gasteiger partial charge < -0.3 is 4.52 Å². The smallest absolute Gasteiger partial charge is 0.371 e. The number of rotatable bonds is 6. The molecule has 1 aromatic rings. The maximum atomic E-state index is 12.3. The quantitative estimate of drug-likeness (QED) is 0.586. The van der Waals surface area contributed by atoms with Gasteiger partial charge in [-0.25, -0.2) is 4.57 Å². The van der Waals surface area contributed by atoms with Crippen molar-refractivity contribution in [3.8, 4) is 0 Å². The van der Waals surface area contributed by atoms with Crippen LogP contribution in [0.5, 0.6) is 0 Å². The second kappa shape index (κ2) is 6.65. The standard InChI is InChI=1S/C15H27O5PSi2/c1-22(2,3)15(23(4,5)6,13-10-8-7-9-11-13)12-14(16)20-21(17,18)19/h7-11H,12H2,1-6H3,(H2,17,18,19). The summed E-state index contributed by atoms with van der Waals surface area (Å²) in [4.78, 5) is 30.2. The highest BCUT2D eigenvalue weighted by molar-refractivity contribution is 7.46. The average molecular weight is 375 g/mol. The van der Waals surface area contributed by atoms with Gasteiger partial charge in [-0.1, -0.05) is 69.6 Å². The van der Waals surface area contributed by atoms with Crippen molar-refractivity contribution < 1.29 is 23.7 Å². The normalized spacial score (nSPS) is 13.7. The number of hydrogen-bond acceptors (Lipinski definition) is 3. The third kappa shape index (κ3) is 4.64. The van der Waals surface area contributed by atoms with E-state index in [1.165, 1.54) is 0 Å². The summed E-state index contributed by atoms with van der Waals surface area (Å²) in [5.41, 5.74) is 1.07. The minimum Gasteiger partial charge on any atom is -0.371 e. The van der Waals surface area contributed by atoms with Gasteiger partial charge in [0.25, 0.3) is 0 Å². The highest BCUT2D eigenvalue weighted by atomic mass is 31.2. The van der Waals surface area contributed by atoms with Crippen LogP contribution in [0.15, 0.2) is 30.3 Å². The summed E-state index contributed by atoms with van der Waals surface area (Å²) in [6.07, 6.45) is 0.00751. The van der Waals surface area contributed by atoms with Crippen molar-refractivity contribution in [2.24, 2.45) is 0 Å². The van der Waals surface area contributed by atoms with Gasteiger partial charge in [0.05, 0.1) is 22.6 Å². The predicted molar refractivity (Wildman–Crippen MR) is 97.6 cm³/mol. The Balaban J connectivity index is 3.48. The van der Waals surface area contributed by atoms with Crippen molar-refractivity contribution in [3.05, 3.63) is 35.9 Å². The maximum Gasteiger partial charge on any atom is 0.526 e. The summed E-state index contributed by atoms with van der Waals surface area (Å²) < 4.78 is 15.0. The molecule has 1 rings (SSSR count). The van der Waals surface area contributed by atoms with E-state index in [1.807, 2.05) is 30.3 Å². The van der Waals surface area contributed by atoms with Crippen LogP contribution in [0.2, 0.25) is 39.3 Å². The zero-order valence-corrected chi connectivity index (χ0v) is 17.6. The first kappa shape index (κ1) is 20.3. The van der Waals surface area contributed by atoms with Crippen LogP contribution in [0.3, 0.4) is 0 Å². The van der Waals surface area contributed by atoms with E-state index < -0.39 is 29.9 Å². The zero-order valence-electron chi connectivity index (χ0n) is 14.7. The molecule has 0 aliphatic rings. The molecule has 0 radical (unpaired) electrons. The third-order valence-electron chi connectivity index (χ3n) is 4.46. The van der Waals surface area contributed by atoms with E-state index in [9.17, 15) is 9.36 Å². The fourth-order valence-electron chi connectivity index (χ4n) is 3.73. The number of benzene rings is 1. The Morgan fingerprint density at radius 2 is 1.48 bits per heavy atom. The highest BCUT2D eigenvalue weighted by Crippen LogP contribution is 2.47. The maximum absolute atomic E-state index is 12.3. The first-order valence-corrected chi connectivity index (χ1v) is 16.1. The SMILES string of the molecule is C[Si](C)(C)C(CC(=O)OP(=O)(O)O)(c1ccccc1)[Si](C)(C)C. The second-order valence-corrected chi connectivity index (χ2v) is 20.3. The van der Waals surface area contributed by atoms with Gasteiger partial charge in [-0.3, -0.25) is 14.6 Å². The van der Waals surface area contributed by atoms with Crippen molar-refractivity contribution in [1.29, 1.82) is 0 Å². The average Bonchev–Trinajstić information content (AvgIpc) is 2.31. The molecule has 5 nitrogen and oxygen atoms in total. The first-order valence-electron chi connectivity index (χ1n) is 7.54. The number of phosphoric acid groups is 1. The third-order valence-corrected chi connectivity index (χ3v) is 15.5. The molecule has 23 heavy (non-hydrogen) atoms. The molecule has 0 saturated carbocycles. The first-order chi connectivity index (χ1) is 10.2. The Morgan fingerprint density at radius 1 is 1.04 bits per heavy atom. The minimum atomic E-state index is -4.82. The van der Waals surface area contributed by atoms with Gasteiger partial charge in [-0.2, -0.15) is 0 Å². The number of carbonyl (C=O) groups excluding carboxylic acids is 1. The lowest BCUT2D eigenvalue weighted by Crippen LogP contribution is -2.64. The Bertz CT molecular complexity index is 585. The predicted octanol–water partition coefficient (Wildman–Crippen LogP) is 3.71. The Morgan fingerprint density at radius 3 is 1.83 bits per heavy atom. The molecule has 0 saturated heterocycles. The molecule has 1 aromatic carbocycles. The van der Waals surface area contributed by atoms with Gasteiger partial charge in [0.15, 0.2) is 0 Å². The molecule has 0 fully saturated rings. The molecular formula is C15H27O5PSi2. The van der Waals surface area contributed by atoms with Crippen molar-refractivity contribution in [1.82, 2.24) is 0 Å². The Hall–Kier alpha value is -0.726. The van der Waals surface area contributed by atoms with Gasteiger partial charge in [-0.15, -0.1) is 0 Å². The molecule has 0 heterocycles. The van der Waals surface area contributed by atoms with E-state index in [0.717, 1.165) is 5.56 Å². The van der Waals surface area contributed by atoms with Crippen LogP contribution in [-0.4, -0.2) is 31.9 Å². The van der Waals surface area contributed by atoms with Crippen LogP contribution in [0.25, 0.3) is 0 Å². The Labute approximate surface area is 140 Å². The van der Waals surface area contributed by atoms with E-state index in [0.29, 0.717) is 0 Å². The van der Waals surface area contributed by atoms with Crippen molar-refractivity contribution in [3.63, 3.8) is 0 Å². The summed E-state index contributed by atoms with van der Waals surface area (Å²) in [5.74, 6) is -0.827. The minimum absolute atomic E-state index is 0.00751. The van der Waals surface area contributed by atoms with Crippen molar-refractivity contribution in [2.75, 3.05) is 0 Å². The van der Waals surface area contributed by atoms with E-state index in [4.69, 9.17) is 9.79 Å². The fourth-order valence-corrected chi connectivity index (χ4v) is 16.5. The molecule has 0 aliphatic carbocycles. The van der Waals surface area contributed by atoms with Gasteiger partial charge in [-0.05, 0) is 10.2 Å². The lowest BCUT2D eigenvalue weighted by molar-refractivity contribution is -0.136. The molecule has 130 valence electrons. The van der Waals surface area contributed by atoms with E-state index >= 15 is 0 Å². The molecule has 0 unspecified atom stereocenters. The summed E-state index contributed by atoms with van der Waals surface area (Å²) >= 11 is 0. The molecule has 0 aromatic heterocycles. The largest absolute Gasteiger partial charge is 0.526 e. The van der Waals surface area contributed by atoms with Crippen molar-refractivity contribution >= 4 is 29.9 Å². The van der Waals surface area contributed by atoms with Crippen LogP contribution in [0, 0.1) is 0 Å². The van der Waals surface area contributed by atoms with E-state index in [2.05, 4.69) is 43.8 Å². The number of phosphoric ester groups is 1. The number of carbonyl (C=O) groups is 1. The monoisotopic (exact) mass is 374 g/mol. The van der Waals surface area contributed by atoms with E-state index in [-0.39, 0.29) is 11.1 Å². The van der Waals surface area contributed by atoms with Crippen LogP contribution in [-0.2, 0) is 18.5 Å². The van der Waals surface area contributed by atoms with Gasteiger partial charge >= 0.3 is 13.8 Å². The van der Waals surface area contributed by atoms with Gasteiger partial charge in [0.1, 0.15) is 0 Å². The van der Waals surface area contributed by atoms with Crippen LogP contribution in [0.4, 0.5) is 0 Å². The van der Waals surface area contributed by atoms with Crippen LogP contribution in [0.1, 0.15) is 12.0 Å². The molecule has 2 N–H and O–H groups in total. The second-order valence-electron chi connectivity index (χ2n) is 7.90. The lowest BCUT2D eigenvalue weighted by atomic mass is 10.1. The molecule has 0 spiro atoms. The Kier molecular flexibility index (Phi) is 5.87. The topological polar surface area (TPSA) is 83.8 Å². The molecule has 8 heteroatoms. The van der Waals surface area contributed by atoms with Gasteiger partial charge in [0.2, 0.25) is 0 Å². The summed E-state index contributed by atoms with van der Waals surface area (Å²) in [6.45, 7) is 13.2.